The van der Waals surface area contributed by atoms with E-state index >= 15 is 0 Å². The first-order chi connectivity index (χ1) is 15.5. The Morgan fingerprint density at radius 1 is 1.33 bits per heavy atom. The lowest BCUT2D eigenvalue weighted by atomic mass is 9.98. The number of amides is 1. The molecule has 0 spiro atoms. The molecule has 8 nitrogen and oxygen atoms in total. The summed E-state index contributed by atoms with van der Waals surface area (Å²) in [6, 6.07) is 7.60. The van der Waals surface area contributed by atoms with Crippen LogP contribution in [0.4, 0.5) is 4.79 Å². The maximum absolute atomic E-state index is 12.8. The van der Waals surface area contributed by atoms with Crippen LogP contribution < -0.4 is 9.47 Å². The van der Waals surface area contributed by atoms with Crippen molar-refractivity contribution in [2.24, 2.45) is 0 Å². The molecular formula is C25H32N2O6. The second-order valence-corrected chi connectivity index (χ2v) is 9.28. The lowest BCUT2D eigenvalue weighted by Gasteiger charge is -2.32. The molecule has 0 radical (unpaired) electrons. The highest BCUT2D eigenvalue weighted by atomic mass is 16.6. The van der Waals surface area contributed by atoms with Gasteiger partial charge >= 0.3 is 12.1 Å². The van der Waals surface area contributed by atoms with Crippen molar-refractivity contribution in [1.29, 1.82) is 0 Å². The van der Waals surface area contributed by atoms with Crippen molar-refractivity contribution in [3.05, 3.63) is 42.5 Å². The van der Waals surface area contributed by atoms with Crippen LogP contribution in [0.25, 0.3) is 10.9 Å². The van der Waals surface area contributed by atoms with Gasteiger partial charge in [-0.2, -0.15) is 0 Å². The number of rotatable bonds is 7. The highest BCUT2D eigenvalue weighted by Gasteiger charge is 2.52. The molecule has 1 fully saturated rings. The van der Waals surface area contributed by atoms with Crippen LogP contribution in [0.5, 0.6) is 11.6 Å². The van der Waals surface area contributed by atoms with Gasteiger partial charge in [0.1, 0.15) is 23.0 Å². The van der Waals surface area contributed by atoms with Crippen LogP contribution in [0.1, 0.15) is 46.6 Å². The Morgan fingerprint density at radius 3 is 2.64 bits per heavy atom. The van der Waals surface area contributed by atoms with Crippen molar-refractivity contribution >= 4 is 23.0 Å². The van der Waals surface area contributed by atoms with Crippen LogP contribution in [0.3, 0.4) is 0 Å². The molecule has 1 aliphatic heterocycles. The minimum absolute atomic E-state index is 0.0592. The Labute approximate surface area is 194 Å². The quantitative estimate of drug-likeness (QED) is 0.608. The number of hydrogen-bond acceptors (Lipinski definition) is 6. The molecular weight excluding hydrogens is 424 g/mol. The van der Waals surface area contributed by atoms with E-state index in [1.807, 2.05) is 31.2 Å². The smallest absolute Gasteiger partial charge is 0.411 e. The fraction of sp³-hybridized carbons (Fsp3) is 0.480. The molecule has 1 N–H and O–H groups in total. The number of pyridine rings is 1. The number of carbonyl (C=O) groups excluding carboxylic acids is 1. The first kappa shape index (κ1) is 24.4. The monoisotopic (exact) mass is 456 g/mol. The summed E-state index contributed by atoms with van der Waals surface area (Å²) in [5.74, 6) is -0.103. The van der Waals surface area contributed by atoms with Crippen molar-refractivity contribution < 1.29 is 28.9 Å². The van der Waals surface area contributed by atoms with Gasteiger partial charge in [-0.1, -0.05) is 18.2 Å². The van der Waals surface area contributed by atoms with Crippen LogP contribution in [0, 0.1) is 0 Å². The zero-order valence-corrected chi connectivity index (χ0v) is 19.9. The average molecular weight is 457 g/mol. The molecule has 0 bridgehead atoms. The molecule has 2 atom stereocenters. The molecule has 0 unspecified atom stereocenters. The van der Waals surface area contributed by atoms with E-state index in [-0.39, 0.29) is 13.0 Å². The fourth-order valence-corrected chi connectivity index (χ4v) is 3.99. The number of carboxylic acids is 1. The van der Waals surface area contributed by atoms with Crippen LogP contribution in [-0.4, -0.2) is 57.4 Å². The molecule has 2 heterocycles. The molecule has 1 aromatic carbocycles. The minimum Gasteiger partial charge on any atom is -0.493 e. The lowest BCUT2D eigenvalue weighted by molar-refractivity contribution is -0.148. The summed E-state index contributed by atoms with van der Waals surface area (Å²) in [5.41, 5.74) is -0.783. The summed E-state index contributed by atoms with van der Waals surface area (Å²) in [6.07, 6.45) is 1.01. The van der Waals surface area contributed by atoms with E-state index in [0.717, 1.165) is 10.9 Å². The van der Waals surface area contributed by atoms with Gasteiger partial charge in [-0.15, -0.1) is 6.58 Å². The van der Waals surface area contributed by atoms with E-state index in [1.54, 1.807) is 26.8 Å². The van der Waals surface area contributed by atoms with E-state index in [4.69, 9.17) is 14.2 Å². The Balaban J connectivity index is 1.99. The van der Waals surface area contributed by atoms with Crippen molar-refractivity contribution in [3.8, 4) is 11.6 Å². The van der Waals surface area contributed by atoms with E-state index in [2.05, 4.69) is 11.6 Å². The average Bonchev–Trinajstić information content (AvgIpc) is 3.07. The minimum atomic E-state index is -1.47. The second-order valence-electron chi connectivity index (χ2n) is 9.28. The van der Waals surface area contributed by atoms with Gasteiger partial charge in [0, 0.05) is 11.8 Å². The van der Waals surface area contributed by atoms with Gasteiger partial charge < -0.3 is 19.3 Å². The number of likely N-dealkylation sites (tertiary alicyclic amines) is 1. The maximum atomic E-state index is 12.8. The summed E-state index contributed by atoms with van der Waals surface area (Å²) in [7, 11) is 0. The number of carbonyl (C=O) groups is 2. The molecule has 1 saturated heterocycles. The molecule has 1 aliphatic rings. The third-order valence-corrected chi connectivity index (χ3v) is 5.50. The molecule has 3 rings (SSSR count). The van der Waals surface area contributed by atoms with Crippen molar-refractivity contribution in [3.63, 3.8) is 0 Å². The standard InChI is InChI=1S/C25H32N2O6/c1-7-11-18-20(31-8-2)17-12-9-10-13-19(17)26-21(18)32-16-14-25(6,22(28)29)27(15-16)23(30)33-24(3,4)5/h7,9-10,12-13,16H,1,8,11,14-15H2,2-6H3,(H,28,29)/t16-,25+/m1/s1. The van der Waals surface area contributed by atoms with E-state index < -0.39 is 29.3 Å². The van der Waals surface area contributed by atoms with Gasteiger partial charge in [-0.25, -0.2) is 14.6 Å². The largest absolute Gasteiger partial charge is 0.493 e. The third kappa shape index (κ3) is 5.05. The molecule has 1 aromatic heterocycles. The van der Waals surface area contributed by atoms with Gasteiger partial charge in [0.05, 0.1) is 24.2 Å². The molecule has 178 valence electrons. The number of carboxylic acid groups (broad SMARTS) is 1. The summed E-state index contributed by atoms with van der Waals surface area (Å²) in [4.78, 5) is 30.8. The van der Waals surface area contributed by atoms with Crippen LogP contribution >= 0.6 is 0 Å². The van der Waals surface area contributed by atoms with Gasteiger partial charge in [0.15, 0.2) is 0 Å². The molecule has 33 heavy (non-hydrogen) atoms. The molecule has 0 aliphatic carbocycles. The van der Waals surface area contributed by atoms with Crippen LogP contribution in [0.15, 0.2) is 36.9 Å². The zero-order chi connectivity index (χ0) is 24.4. The fourth-order valence-electron chi connectivity index (χ4n) is 3.99. The van der Waals surface area contributed by atoms with E-state index in [0.29, 0.717) is 30.2 Å². The number of nitrogens with zero attached hydrogens (tertiary/aromatic N) is 2. The van der Waals surface area contributed by atoms with Crippen LogP contribution in [-0.2, 0) is 16.0 Å². The highest BCUT2D eigenvalue weighted by molar-refractivity contribution is 5.88. The number of aromatic nitrogens is 1. The molecule has 0 saturated carbocycles. The summed E-state index contributed by atoms with van der Waals surface area (Å²) in [6.45, 7) is 13.0. The second kappa shape index (κ2) is 9.29. The highest BCUT2D eigenvalue weighted by Crippen LogP contribution is 2.38. The normalized spacial score (nSPS) is 20.5. The number of ether oxygens (including phenoxy) is 3. The van der Waals surface area contributed by atoms with Gasteiger partial charge in [0.25, 0.3) is 0 Å². The Bertz CT molecular complexity index is 1060. The number of para-hydroxylation sites is 1. The first-order valence-electron chi connectivity index (χ1n) is 11.1. The number of allylic oxidation sites excluding steroid dienone is 1. The van der Waals surface area contributed by atoms with Crippen molar-refractivity contribution in [2.45, 2.75) is 64.7 Å². The van der Waals surface area contributed by atoms with Crippen molar-refractivity contribution in [2.75, 3.05) is 13.2 Å². The number of benzene rings is 1. The van der Waals surface area contributed by atoms with Gasteiger partial charge in [0.2, 0.25) is 5.88 Å². The Kier molecular flexibility index (Phi) is 6.86. The van der Waals surface area contributed by atoms with E-state index in [9.17, 15) is 14.7 Å². The summed E-state index contributed by atoms with van der Waals surface area (Å²) >= 11 is 0. The predicted octanol–water partition coefficient (Wildman–Crippen LogP) is 4.59. The van der Waals surface area contributed by atoms with E-state index in [1.165, 1.54) is 11.8 Å². The maximum Gasteiger partial charge on any atom is 0.411 e. The molecule has 2 aromatic rings. The Hall–Kier alpha value is -3.29. The Morgan fingerprint density at radius 2 is 2.03 bits per heavy atom. The lowest BCUT2D eigenvalue weighted by Crippen LogP contribution is -2.52. The molecule has 8 heteroatoms. The summed E-state index contributed by atoms with van der Waals surface area (Å²) in [5, 5.41) is 10.8. The molecule has 1 amide bonds. The van der Waals surface area contributed by atoms with Crippen molar-refractivity contribution in [1.82, 2.24) is 9.88 Å². The SMILES string of the molecule is C=CCc1c(O[C@H]2CN(C(=O)OC(C)(C)C)[C@](C)(C(=O)O)C2)nc2ccccc2c1OCC. The zero-order valence-electron chi connectivity index (χ0n) is 19.9. The number of aliphatic carboxylic acids is 1. The van der Waals surface area contributed by atoms with Gasteiger partial charge in [-0.3, -0.25) is 4.90 Å². The number of fused-ring (bicyclic) bond motifs is 1. The van der Waals surface area contributed by atoms with Gasteiger partial charge in [-0.05, 0) is 53.2 Å². The third-order valence-electron chi connectivity index (χ3n) is 5.50. The predicted molar refractivity (Wildman–Crippen MR) is 125 cm³/mol. The first-order valence-corrected chi connectivity index (χ1v) is 11.1. The van der Waals surface area contributed by atoms with Crippen LogP contribution in [0.2, 0.25) is 0 Å². The summed E-state index contributed by atoms with van der Waals surface area (Å²) < 4.78 is 17.7. The number of hydrogen-bond donors (Lipinski definition) is 1. The topological polar surface area (TPSA) is 98.2 Å².